The zero-order valence-corrected chi connectivity index (χ0v) is 30.2. The predicted molar refractivity (Wildman–Crippen MR) is 190 cm³/mol. The summed E-state index contributed by atoms with van der Waals surface area (Å²) < 4.78 is 46.5. The van der Waals surface area contributed by atoms with E-state index in [2.05, 4.69) is 29.9 Å². The van der Waals surface area contributed by atoms with E-state index in [1.807, 2.05) is 64.1 Å². The van der Waals surface area contributed by atoms with Crippen LogP contribution >= 0.6 is 0 Å². The monoisotopic (exact) mass is 708 g/mol. The van der Waals surface area contributed by atoms with Crippen molar-refractivity contribution in [3.8, 4) is 23.0 Å². The Morgan fingerprint density at radius 1 is 0.612 bits per heavy atom. The van der Waals surface area contributed by atoms with Gasteiger partial charge in [-0.1, -0.05) is 0 Å². The first-order chi connectivity index (χ1) is 23.1. The summed E-state index contributed by atoms with van der Waals surface area (Å²) >= 11 is 0. The minimum atomic E-state index is -1.33. The van der Waals surface area contributed by atoms with Crippen molar-refractivity contribution in [1.29, 1.82) is 0 Å². The maximum absolute atomic E-state index is 12.7. The van der Waals surface area contributed by atoms with E-state index in [0.717, 1.165) is 78.7 Å². The van der Waals surface area contributed by atoms with Crippen LogP contribution in [0.1, 0.15) is 33.6 Å². The molecule has 0 saturated carbocycles. The number of benzene rings is 2. The first-order valence-electron chi connectivity index (χ1n) is 14.9. The Morgan fingerprint density at radius 2 is 1.00 bits per heavy atom. The van der Waals surface area contributed by atoms with Gasteiger partial charge in [-0.3, -0.25) is 18.4 Å². The van der Waals surface area contributed by atoms with E-state index in [9.17, 15) is 8.42 Å². The summed E-state index contributed by atoms with van der Waals surface area (Å²) in [4.78, 5) is 23.8. The van der Waals surface area contributed by atoms with Crippen molar-refractivity contribution in [3.05, 3.63) is 82.4 Å². The highest BCUT2D eigenvalue weighted by Crippen LogP contribution is 2.28. The van der Waals surface area contributed by atoms with Gasteiger partial charge in [0, 0.05) is 46.8 Å². The second-order valence-electron chi connectivity index (χ2n) is 10.9. The minimum Gasteiger partial charge on any atom is -0.497 e. The number of H-pyrrole nitrogens is 2. The zero-order chi connectivity index (χ0) is 34.5. The lowest BCUT2D eigenvalue weighted by atomic mass is 10.1. The third-order valence-electron chi connectivity index (χ3n) is 7.80. The molecule has 4 aromatic heterocycles. The maximum Gasteiger partial charge on any atom is 0.197 e. The molecule has 0 aliphatic rings. The third kappa shape index (κ3) is 8.07. The molecule has 2 aromatic carbocycles. The summed E-state index contributed by atoms with van der Waals surface area (Å²) in [6.45, 7) is 7.72. The molecule has 0 spiro atoms. The van der Waals surface area contributed by atoms with Gasteiger partial charge < -0.3 is 34.4 Å². The normalized spacial score (nSPS) is 12.1. The largest absolute Gasteiger partial charge is 0.497 e. The molecule has 2 atom stereocenters. The smallest absolute Gasteiger partial charge is 0.197 e. The summed E-state index contributed by atoms with van der Waals surface area (Å²) in [5.41, 5.74) is 8.32. The number of hydrogen-bond acceptors (Lipinski definition) is 10. The Labute approximate surface area is 289 Å². The molecule has 4 heterocycles. The van der Waals surface area contributed by atoms with Crippen molar-refractivity contribution in [2.75, 3.05) is 28.4 Å². The van der Waals surface area contributed by atoms with Gasteiger partial charge in [0.2, 0.25) is 0 Å². The predicted octanol–water partition coefficient (Wildman–Crippen LogP) is 4.97. The molecule has 0 fully saturated rings. The average molecular weight is 709 g/mol. The summed E-state index contributed by atoms with van der Waals surface area (Å²) in [6.07, 6.45) is 3.48. The number of methoxy groups -OCH3 is 4. The van der Waals surface area contributed by atoms with Crippen LogP contribution in [0.2, 0.25) is 0 Å². The minimum absolute atomic E-state index is 0. The molecule has 6 aromatic rings. The van der Waals surface area contributed by atoms with Gasteiger partial charge in [0.15, 0.2) is 10.3 Å². The standard InChI is InChI=1S/2C17H19N3O3S.H2O/c2*1-10-8-18-15(11(2)16(10)23-4)9-24(21)17-19-13-6-5-12(22-3)7-14(13)20-17;/h2*5-8H,9H2,1-4H3,(H,19,20);1H2/t2*24-;/m11./s1. The fraction of sp³-hybridized carbons (Fsp3) is 0.294. The number of aromatic amines is 2. The van der Waals surface area contributed by atoms with Gasteiger partial charge in [-0.15, -0.1) is 0 Å². The average Bonchev–Trinajstić information content (AvgIpc) is 3.72. The Hall–Kier alpha value is -4.86. The quantitative estimate of drug-likeness (QED) is 0.197. The van der Waals surface area contributed by atoms with E-state index in [1.165, 1.54) is 0 Å². The fourth-order valence-corrected chi connectivity index (χ4v) is 7.42. The topological polar surface area (TPSA) is 186 Å². The molecule has 49 heavy (non-hydrogen) atoms. The van der Waals surface area contributed by atoms with E-state index in [0.29, 0.717) is 10.3 Å². The van der Waals surface area contributed by atoms with E-state index in [-0.39, 0.29) is 17.0 Å². The molecule has 4 N–H and O–H groups in total. The number of imidazole rings is 2. The van der Waals surface area contributed by atoms with Gasteiger partial charge in [-0.25, -0.2) is 9.97 Å². The molecule has 0 radical (unpaired) electrons. The molecule has 0 amide bonds. The Balaban J connectivity index is 0.000000216. The highest BCUT2D eigenvalue weighted by atomic mass is 32.2. The maximum atomic E-state index is 12.7. The fourth-order valence-electron chi connectivity index (χ4n) is 5.22. The van der Waals surface area contributed by atoms with Crippen LogP contribution in [0.25, 0.3) is 22.1 Å². The van der Waals surface area contributed by atoms with Crippen molar-refractivity contribution in [2.24, 2.45) is 0 Å². The van der Waals surface area contributed by atoms with E-state index in [1.54, 1.807) is 40.8 Å². The van der Waals surface area contributed by atoms with Crippen molar-refractivity contribution < 1.29 is 32.8 Å². The summed E-state index contributed by atoms with van der Waals surface area (Å²) in [6, 6.07) is 11.0. The number of ether oxygens (including phenoxy) is 4. The molecule has 15 heteroatoms. The van der Waals surface area contributed by atoms with Crippen LogP contribution < -0.4 is 18.9 Å². The lowest BCUT2D eigenvalue weighted by molar-refractivity contribution is 0.407. The highest BCUT2D eigenvalue weighted by Gasteiger charge is 2.18. The van der Waals surface area contributed by atoms with Crippen molar-refractivity contribution in [2.45, 2.75) is 49.5 Å². The van der Waals surface area contributed by atoms with Gasteiger partial charge in [0.05, 0.1) is 95.0 Å². The SMILES string of the molecule is COc1ccc2nc([S@](=O)Cc3ncc(C)c(OC)c3C)[nH]c2c1.COc1ccc2nc([S@](=O)Cc3ncc(C)c(OC)c3C)[nH]c2c1.O. The molecular weight excluding hydrogens is 669 g/mol. The van der Waals surface area contributed by atoms with Crippen LogP contribution in [-0.4, -0.2) is 72.2 Å². The lowest BCUT2D eigenvalue weighted by Gasteiger charge is -2.11. The number of fused-ring (bicyclic) bond motifs is 2. The Bertz CT molecular complexity index is 2000. The summed E-state index contributed by atoms with van der Waals surface area (Å²) in [5.74, 6) is 3.57. The second kappa shape index (κ2) is 16.0. The van der Waals surface area contributed by atoms with Crippen molar-refractivity contribution >= 4 is 43.7 Å². The van der Waals surface area contributed by atoms with Crippen LogP contribution in [-0.2, 0) is 33.1 Å². The number of aryl methyl sites for hydroxylation is 2. The van der Waals surface area contributed by atoms with E-state index in [4.69, 9.17) is 18.9 Å². The molecule has 0 saturated heterocycles. The molecule has 6 rings (SSSR count). The summed E-state index contributed by atoms with van der Waals surface area (Å²) in [7, 11) is 3.81. The summed E-state index contributed by atoms with van der Waals surface area (Å²) in [5, 5.41) is 0.859. The number of aromatic nitrogens is 6. The first kappa shape index (κ1) is 37.0. The Kier molecular flexibility index (Phi) is 12.1. The van der Waals surface area contributed by atoms with Crippen LogP contribution in [0.4, 0.5) is 0 Å². The Morgan fingerprint density at radius 3 is 1.35 bits per heavy atom. The van der Waals surface area contributed by atoms with Gasteiger partial charge in [-0.05, 0) is 52.0 Å². The highest BCUT2D eigenvalue weighted by molar-refractivity contribution is 7.84. The molecule has 260 valence electrons. The van der Waals surface area contributed by atoms with Gasteiger partial charge in [0.25, 0.3) is 0 Å². The van der Waals surface area contributed by atoms with Crippen molar-refractivity contribution in [1.82, 2.24) is 29.9 Å². The zero-order valence-electron chi connectivity index (χ0n) is 28.6. The number of hydrogen-bond donors (Lipinski definition) is 2. The van der Waals surface area contributed by atoms with Crippen LogP contribution in [0, 0.1) is 27.7 Å². The lowest BCUT2D eigenvalue weighted by Crippen LogP contribution is -2.05. The van der Waals surface area contributed by atoms with Gasteiger partial charge in [-0.2, -0.15) is 0 Å². The molecule has 13 nitrogen and oxygen atoms in total. The molecule has 0 aliphatic carbocycles. The van der Waals surface area contributed by atoms with Crippen LogP contribution in [0.3, 0.4) is 0 Å². The molecule has 0 unspecified atom stereocenters. The second-order valence-corrected chi connectivity index (χ2v) is 13.7. The molecule has 0 bridgehead atoms. The van der Waals surface area contributed by atoms with E-state index >= 15 is 0 Å². The number of nitrogens with zero attached hydrogens (tertiary/aromatic N) is 4. The van der Waals surface area contributed by atoms with E-state index < -0.39 is 21.6 Å². The van der Waals surface area contributed by atoms with Crippen molar-refractivity contribution in [3.63, 3.8) is 0 Å². The van der Waals surface area contributed by atoms with Gasteiger partial charge >= 0.3 is 0 Å². The molecular formula is C34H40N6O7S2. The number of rotatable bonds is 10. The van der Waals surface area contributed by atoms with Crippen LogP contribution in [0.15, 0.2) is 59.1 Å². The van der Waals surface area contributed by atoms with Crippen LogP contribution in [0.5, 0.6) is 23.0 Å². The first-order valence-corrected chi connectivity index (χ1v) is 17.5. The number of pyridine rings is 2. The molecule has 0 aliphatic heterocycles. The third-order valence-corrected chi connectivity index (χ3v) is 10.1. The van der Waals surface area contributed by atoms with Gasteiger partial charge in [0.1, 0.15) is 23.0 Å². The number of nitrogens with one attached hydrogen (secondary N) is 2.